The Labute approximate surface area is 187 Å². The number of nitrogens with one attached hydrogen (secondary N) is 2. The van der Waals surface area contributed by atoms with Gasteiger partial charge < -0.3 is 10.2 Å². The zero-order valence-electron chi connectivity index (χ0n) is 18.0. The molecule has 32 heavy (non-hydrogen) atoms. The molecule has 0 amide bonds. The van der Waals surface area contributed by atoms with Crippen LogP contribution in [0.1, 0.15) is 35.8 Å². The Balaban J connectivity index is 1.48. The van der Waals surface area contributed by atoms with Gasteiger partial charge in [0.2, 0.25) is 5.95 Å². The van der Waals surface area contributed by atoms with E-state index in [-0.39, 0.29) is 10.7 Å². The number of hydrogen-bond donors (Lipinski definition) is 2. The second-order valence-electron chi connectivity index (χ2n) is 7.78. The summed E-state index contributed by atoms with van der Waals surface area (Å²) in [6.07, 6.45) is 2.34. The molecule has 1 aliphatic heterocycles. The van der Waals surface area contributed by atoms with E-state index >= 15 is 0 Å². The van der Waals surface area contributed by atoms with Crippen LogP contribution < -0.4 is 14.9 Å². The van der Waals surface area contributed by atoms with E-state index in [4.69, 9.17) is 0 Å². The van der Waals surface area contributed by atoms with Crippen LogP contribution in [0.5, 0.6) is 0 Å². The maximum Gasteiger partial charge on any atom is 0.261 e. The van der Waals surface area contributed by atoms with Crippen LogP contribution in [-0.2, 0) is 10.0 Å². The third-order valence-electron chi connectivity index (χ3n) is 5.21. The molecule has 0 unspecified atom stereocenters. The lowest BCUT2D eigenvalue weighted by Gasteiger charge is -2.17. The monoisotopic (exact) mass is 451 g/mol. The molecule has 0 atom stereocenters. The normalized spacial score (nSPS) is 13.8. The molecule has 2 heterocycles. The van der Waals surface area contributed by atoms with Crippen molar-refractivity contribution in [2.75, 3.05) is 28.0 Å². The number of sulfonamides is 1. The van der Waals surface area contributed by atoms with Crippen LogP contribution in [0.2, 0.25) is 0 Å². The van der Waals surface area contributed by atoms with E-state index in [1.165, 1.54) is 31.9 Å². The Morgan fingerprint density at radius 3 is 2.34 bits per heavy atom. The van der Waals surface area contributed by atoms with Crippen molar-refractivity contribution >= 4 is 38.9 Å². The number of nitrogens with zero attached hydrogens (tertiary/aromatic N) is 3. The first-order chi connectivity index (χ1) is 15.3. The summed E-state index contributed by atoms with van der Waals surface area (Å²) in [7, 11) is -3.81. The predicted molar refractivity (Wildman–Crippen MR) is 125 cm³/mol. The standard InChI is InChI=1S/C23H25N5O3S/c1-16-14-22(28-12-3-4-13-28)26-23(24-16)25-19-8-10-20(11-9-19)27-32(30,31)21-7-5-6-18(15-21)17(2)29/h5-11,14-15,27H,3-4,12-13H2,1-2H3,(H,24,25,26). The summed E-state index contributed by atoms with van der Waals surface area (Å²) < 4.78 is 27.9. The van der Waals surface area contributed by atoms with Gasteiger partial charge >= 0.3 is 0 Å². The van der Waals surface area contributed by atoms with Gasteiger partial charge in [-0.05, 0) is 63.1 Å². The molecule has 9 heteroatoms. The van der Waals surface area contributed by atoms with Gasteiger partial charge in [-0.3, -0.25) is 9.52 Å². The molecule has 166 valence electrons. The van der Waals surface area contributed by atoms with E-state index in [0.29, 0.717) is 17.2 Å². The van der Waals surface area contributed by atoms with Gasteiger partial charge in [-0.15, -0.1) is 0 Å². The van der Waals surface area contributed by atoms with E-state index in [1.54, 1.807) is 36.4 Å². The van der Waals surface area contributed by atoms with Gasteiger partial charge in [0.05, 0.1) is 4.90 Å². The molecule has 1 aliphatic rings. The van der Waals surface area contributed by atoms with Crippen LogP contribution in [0.4, 0.5) is 23.1 Å². The van der Waals surface area contributed by atoms with Crippen molar-refractivity contribution in [2.24, 2.45) is 0 Å². The highest BCUT2D eigenvalue weighted by atomic mass is 32.2. The van der Waals surface area contributed by atoms with E-state index in [0.717, 1.165) is 30.3 Å². The van der Waals surface area contributed by atoms with E-state index in [9.17, 15) is 13.2 Å². The van der Waals surface area contributed by atoms with Crippen molar-refractivity contribution in [3.05, 3.63) is 65.9 Å². The number of hydrogen-bond acceptors (Lipinski definition) is 7. The van der Waals surface area contributed by atoms with Gasteiger partial charge in [-0.25, -0.2) is 13.4 Å². The summed E-state index contributed by atoms with van der Waals surface area (Å²) in [6, 6.07) is 14.8. The summed E-state index contributed by atoms with van der Waals surface area (Å²) in [5, 5.41) is 3.19. The Hall–Kier alpha value is -3.46. The topological polar surface area (TPSA) is 104 Å². The van der Waals surface area contributed by atoms with E-state index in [1.807, 2.05) is 13.0 Å². The number of rotatable bonds is 7. The minimum Gasteiger partial charge on any atom is -0.356 e. The number of carbonyl (C=O) groups excluding carboxylic acids is 1. The lowest BCUT2D eigenvalue weighted by molar-refractivity contribution is 0.101. The molecule has 0 aliphatic carbocycles. The lowest BCUT2D eigenvalue weighted by Crippen LogP contribution is -2.19. The fraction of sp³-hybridized carbons (Fsp3) is 0.261. The number of aryl methyl sites for hydroxylation is 1. The quantitative estimate of drug-likeness (QED) is 0.520. The first-order valence-corrected chi connectivity index (χ1v) is 11.9. The average molecular weight is 452 g/mol. The molecule has 4 rings (SSSR count). The molecule has 3 aromatic rings. The maximum absolute atomic E-state index is 12.7. The van der Waals surface area contributed by atoms with Gasteiger partial charge in [0.15, 0.2) is 5.78 Å². The van der Waals surface area contributed by atoms with Crippen molar-refractivity contribution in [1.82, 2.24) is 9.97 Å². The molecule has 0 bridgehead atoms. The minimum atomic E-state index is -3.81. The Morgan fingerprint density at radius 1 is 0.969 bits per heavy atom. The molecule has 0 saturated carbocycles. The van der Waals surface area contributed by atoms with E-state index in [2.05, 4.69) is 24.9 Å². The molecular formula is C23H25N5O3S. The Kier molecular flexibility index (Phi) is 6.09. The van der Waals surface area contributed by atoms with E-state index < -0.39 is 10.0 Å². The van der Waals surface area contributed by atoms with Crippen LogP contribution in [-0.4, -0.2) is 37.3 Å². The van der Waals surface area contributed by atoms with Crippen molar-refractivity contribution < 1.29 is 13.2 Å². The van der Waals surface area contributed by atoms with Crippen LogP contribution in [0, 0.1) is 6.92 Å². The molecule has 0 radical (unpaired) electrons. The van der Waals surface area contributed by atoms with Crippen LogP contribution in [0.3, 0.4) is 0 Å². The second kappa shape index (κ2) is 8.96. The van der Waals surface area contributed by atoms with Crippen molar-refractivity contribution in [1.29, 1.82) is 0 Å². The van der Waals surface area contributed by atoms with Crippen molar-refractivity contribution in [3.8, 4) is 0 Å². The molecule has 1 saturated heterocycles. The van der Waals surface area contributed by atoms with Crippen LogP contribution in [0.25, 0.3) is 0 Å². The number of carbonyl (C=O) groups is 1. The zero-order chi connectivity index (χ0) is 22.7. The largest absolute Gasteiger partial charge is 0.356 e. The molecule has 8 nitrogen and oxygen atoms in total. The molecule has 1 fully saturated rings. The summed E-state index contributed by atoms with van der Waals surface area (Å²) in [6.45, 7) is 5.34. The van der Waals surface area contributed by atoms with Gasteiger partial charge in [0.25, 0.3) is 10.0 Å². The molecule has 2 aromatic carbocycles. The Bertz CT molecular complexity index is 1240. The first-order valence-electron chi connectivity index (χ1n) is 10.4. The van der Waals surface area contributed by atoms with Crippen LogP contribution in [0.15, 0.2) is 59.5 Å². The number of Topliss-reactive ketones (excluding diaryl/α,β-unsaturated/α-hetero) is 1. The summed E-state index contributed by atoms with van der Waals surface area (Å²) in [4.78, 5) is 22.9. The highest BCUT2D eigenvalue weighted by Gasteiger charge is 2.17. The van der Waals surface area contributed by atoms with Crippen molar-refractivity contribution in [2.45, 2.75) is 31.6 Å². The number of ketones is 1. The van der Waals surface area contributed by atoms with Crippen molar-refractivity contribution in [3.63, 3.8) is 0 Å². The summed E-state index contributed by atoms with van der Waals surface area (Å²) in [5.74, 6) is 1.22. The smallest absolute Gasteiger partial charge is 0.261 e. The lowest BCUT2D eigenvalue weighted by atomic mass is 10.2. The van der Waals surface area contributed by atoms with Gasteiger partial charge in [0, 0.05) is 41.8 Å². The SMILES string of the molecule is CC(=O)c1cccc(S(=O)(=O)Nc2ccc(Nc3nc(C)cc(N4CCCC4)n3)cc2)c1. The summed E-state index contributed by atoms with van der Waals surface area (Å²) >= 11 is 0. The molecule has 2 N–H and O–H groups in total. The zero-order valence-corrected chi connectivity index (χ0v) is 18.8. The number of benzene rings is 2. The maximum atomic E-state index is 12.7. The summed E-state index contributed by atoms with van der Waals surface area (Å²) in [5.41, 5.74) is 2.37. The minimum absolute atomic E-state index is 0.0370. The molecule has 0 spiro atoms. The third kappa shape index (κ3) is 5.05. The number of aromatic nitrogens is 2. The number of anilines is 4. The fourth-order valence-electron chi connectivity index (χ4n) is 3.56. The molecular weight excluding hydrogens is 426 g/mol. The average Bonchev–Trinajstić information content (AvgIpc) is 3.30. The Morgan fingerprint density at radius 2 is 1.66 bits per heavy atom. The highest BCUT2D eigenvalue weighted by molar-refractivity contribution is 7.92. The fourth-order valence-corrected chi connectivity index (χ4v) is 4.67. The van der Waals surface area contributed by atoms with Gasteiger partial charge in [-0.1, -0.05) is 12.1 Å². The molecule has 1 aromatic heterocycles. The highest BCUT2D eigenvalue weighted by Crippen LogP contribution is 2.23. The first kappa shape index (κ1) is 21.8. The van der Waals surface area contributed by atoms with Gasteiger partial charge in [-0.2, -0.15) is 4.98 Å². The van der Waals surface area contributed by atoms with Crippen LogP contribution >= 0.6 is 0 Å². The predicted octanol–water partition coefficient (Wildman–Crippen LogP) is 4.13. The third-order valence-corrected chi connectivity index (χ3v) is 6.59. The second-order valence-corrected chi connectivity index (χ2v) is 9.46. The van der Waals surface area contributed by atoms with Gasteiger partial charge in [0.1, 0.15) is 5.82 Å².